The molecule has 220 valence electrons. The van der Waals surface area contributed by atoms with Crippen LogP contribution in [0.1, 0.15) is 71.9 Å². The van der Waals surface area contributed by atoms with Crippen molar-refractivity contribution in [1.29, 1.82) is 10.5 Å². The molecule has 4 fully saturated rings. The molecule has 42 heavy (non-hydrogen) atoms. The zero-order chi connectivity index (χ0) is 30.3. The summed E-state index contributed by atoms with van der Waals surface area (Å²) < 4.78 is 0. The number of amides is 2. The van der Waals surface area contributed by atoms with E-state index in [1.54, 1.807) is 12.1 Å². The van der Waals surface area contributed by atoms with Crippen LogP contribution in [0.15, 0.2) is 24.3 Å². The lowest BCUT2D eigenvalue weighted by molar-refractivity contribution is -0.130. The molecule has 2 aromatic carbocycles. The largest absolute Gasteiger partial charge is 0.393 e. The van der Waals surface area contributed by atoms with Crippen LogP contribution in [0, 0.1) is 48.3 Å². The van der Waals surface area contributed by atoms with Gasteiger partial charge in [0.15, 0.2) is 0 Å². The summed E-state index contributed by atoms with van der Waals surface area (Å²) in [6.07, 6.45) is 3.40. The molecule has 2 saturated heterocycles. The van der Waals surface area contributed by atoms with Gasteiger partial charge in [0.2, 0.25) is 11.8 Å². The number of fused-ring (bicyclic) bond motifs is 2. The van der Waals surface area contributed by atoms with Crippen LogP contribution in [0.4, 0.5) is 0 Å². The van der Waals surface area contributed by atoms with Crippen molar-refractivity contribution in [3.8, 4) is 12.1 Å². The average Bonchev–Trinajstić information content (AvgIpc) is 3.68. The van der Waals surface area contributed by atoms with E-state index in [0.29, 0.717) is 47.1 Å². The fourth-order valence-corrected chi connectivity index (χ4v) is 7.71. The second-order valence-electron chi connectivity index (χ2n) is 11.8. The zero-order valence-electron chi connectivity index (χ0n) is 23.7. The summed E-state index contributed by atoms with van der Waals surface area (Å²) in [4.78, 5) is 28.1. The summed E-state index contributed by atoms with van der Waals surface area (Å²) in [5.74, 6) is 0.328. The minimum atomic E-state index is -0.357. The van der Waals surface area contributed by atoms with Crippen molar-refractivity contribution in [2.75, 3.05) is 0 Å². The summed E-state index contributed by atoms with van der Waals surface area (Å²) in [6, 6.07) is 11.7. The third-order valence-corrected chi connectivity index (χ3v) is 10.3. The molecule has 2 aliphatic carbocycles. The average molecular weight is 610 g/mol. The van der Waals surface area contributed by atoms with Crippen LogP contribution in [0.25, 0.3) is 0 Å². The number of hydrogen-bond acceptors (Lipinski definition) is 6. The maximum absolute atomic E-state index is 12.2. The number of likely N-dealkylation sites (tertiary alicyclic amines) is 2. The number of rotatable bonds is 4. The van der Waals surface area contributed by atoms with Gasteiger partial charge in [-0.05, 0) is 73.9 Å². The normalized spacial score (nSPS) is 27.8. The molecule has 2 amide bonds. The van der Waals surface area contributed by atoms with E-state index in [9.17, 15) is 30.3 Å². The number of aliphatic hydroxyl groups excluding tert-OH is 2. The first-order valence-corrected chi connectivity index (χ1v) is 15.1. The second kappa shape index (κ2) is 12.2. The van der Waals surface area contributed by atoms with Crippen molar-refractivity contribution in [3.05, 3.63) is 67.7 Å². The standard InChI is InChI=1S/2C16H17ClN2O2/c2*1-9-10(2-3-13(17)12(9)7-18)8-19-14-4-5-15(20)11(14)6-16(19)21/h2*2-3,11,14-15,20H,4-6,8H2,1H3/t2*11-,14-,15+/m10/s1. The Morgan fingerprint density at radius 3 is 1.48 bits per heavy atom. The van der Waals surface area contributed by atoms with E-state index in [4.69, 9.17) is 23.2 Å². The Bertz CT molecular complexity index is 1390. The molecule has 2 N–H and O–H groups in total. The van der Waals surface area contributed by atoms with Crippen LogP contribution in [0.3, 0.4) is 0 Å². The van der Waals surface area contributed by atoms with Gasteiger partial charge in [-0.3, -0.25) is 9.59 Å². The molecule has 2 saturated carbocycles. The lowest BCUT2D eigenvalue weighted by atomic mass is 10.0. The van der Waals surface area contributed by atoms with E-state index >= 15 is 0 Å². The third-order valence-electron chi connectivity index (χ3n) is 9.71. The SMILES string of the molecule is Cc1c(CN2C(=O)C[C@@H]3[C@H](O)CC[C@@H]32)ccc(Cl)c1C#N.Cc1c(CN2C(=O)C[C@@H]3[C@H]2CC[C@@H]3O)ccc(Cl)c1C#N. The number of nitriles is 2. The van der Waals surface area contributed by atoms with Gasteiger partial charge in [0, 0.05) is 49.9 Å². The second-order valence-corrected chi connectivity index (χ2v) is 12.7. The molecule has 2 heterocycles. The van der Waals surface area contributed by atoms with Gasteiger partial charge in [0.25, 0.3) is 0 Å². The van der Waals surface area contributed by atoms with Gasteiger partial charge in [-0.1, -0.05) is 35.3 Å². The molecular formula is C32H34Cl2N4O4. The van der Waals surface area contributed by atoms with Crippen LogP contribution in [0.5, 0.6) is 0 Å². The Morgan fingerprint density at radius 1 is 0.738 bits per heavy atom. The molecule has 0 radical (unpaired) electrons. The molecule has 8 nitrogen and oxygen atoms in total. The van der Waals surface area contributed by atoms with Crippen LogP contribution in [-0.4, -0.2) is 56.1 Å². The lowest BCUT2D eigenvalue weighted by Gasteiger charge is -2.25. The van der Waals surface area contributed by atoms with Crippen molar-refractivity contribution in [2.45, 2.75) is 89.8 Å². The number of nitrogens with zero attached hydrogens (tertiary/aromatic N) is 4. The predicted octanol–water partition coefficient (Wildman–Crippen LogP) is 4.78. The van der Waals surface area contributed by atoms with Gasteiger partial charge >= 0.3 is 0 Å². The summed E-state index contributed by atoms with van der Waals surface area (Å²) >= 11 is 12.0. The maximum atomic E-state index is 12.2. The van der Waals surface area contributed by atoms with E-state index in [1.165, 1.54) is 0 Å². The zero-order valence-corrected chi connectivity index (χ0v) is 25.2. The van der Waals surface area contributed by atoms with Crippen molar-refractivity contribution in [3.63, 3.8) is 0 Å². The van der Waals surface area contributed by atoms with Crippen molar-refractivity contribution >= 4 is 35.0 Å². The Kier molecular flexibility index (Phi) is 8.83. The molecule has 0 unspecified atom stereocenters. The highest BCUT2D eigenvalue weighted by Gasteiger charge is 2.48. The minimum absolute atomic E-state index is 0.0699. The fourth-order valence-electron chi connectivity index (χ4n) is 7.22. The summed E-state index contributed by atoms with van der Waals surface area (Å²) in [5.41, 5.74) is 4.52. The topological polar surface area (TPSA) is 129 Å². The minimum Gasteiger partial charge on any atom is -0.393 e. The monoisotopic (exact) mass is 608 g/mol. The summed E-state index contributed by atoms with van der Waals surface area (Å²) in [7, 11) is 0. The molecule has 0 bridgehead atoms. The molecule has 2 aliphatic heterocycles. The van der Waals surface area contributed by atoms with E-state index in [1.807, 2.05) is 35.8 Å². The highest BCUT2D eigenvalue weighted by atomic mass is 35.5. The van der Waals surface area contributed by atoms with Gasteiger partial charge in [0.05, 0.1) is 33.4 Å². The smallest absolute Gasteiger partial charge is 0.223 e. The van der Waals surface area contributed by atoms with Crippen molar-refractivity contribution in [2.24, 2.45) is 11.8 Å². The quantitative estimate of drug-likeness (QED) is 0.514. The van der Waals surface area contributed by atoms with Gasteiger partial charge in [-0.15, -0.1) is 0 Å². The van der Waals surface area contributed by atoms with Crippen LogP contribution < -0.4 is 0 Å². The molecule has 2 aromatic rings. The summed E-state index contributed by atoms with van der Waals surface area (Å²) in [5, 5.41) is 39.1. The molecular weight excluding hydrogens is 575 g/mol. The van der Waals surface area contributed by atoms with Crippen LogP contribution in [0.2, 0.25) is 10.0 Å². The van der Waals surface area contributed by atoms with Gasteiger partial charge in [0.1, 0.15) is 12.1 Å². The number of hydrogen-bond donors (Lipinski definition) is 2. The number of carbonyl (C=O) groups is 2. The van der Waals surface area contributed by atoms with Gasteiger partial charge in [-0.2, -0.15) is 10.5 Å². The lowest BCUT2D eigenvalue weighted by Crippen LogP contribution is -2.33. The molecule has 6 rings (SSSR count). The molecule has 0 spiro atoms. The molecule has 6 atom stereocenters. The van der Waals surface area contributed by atoms with Crippen LogP contribution in [-0.2, 0) is 22.7 Å². The molecule has 10 heteroatoms. The predicted molar refractivity (Wildman–Crippen MR) is 157 cm³/mol. The van der Waals surface area contributed by atoms with Gasteiger partial charge < -0.3 is 20.0 Å². The van der Waals surface area contributed by atoms with Crippen molar-refractivity contribution in [1.82, 2.24) is 9.80 Å². The van der Waals surface area contributed by atoms with Crippen LogP contribution >= 0.6 is 23.2 Å². The first-order valence-electron chi connectivity index (χ1n) is 14.4. The van der Waals surface area contributed by atoms with Crippen molar-refractivity contribution < 1.29 is 19.8 Å². The fraction of sp³-hybridized carbons (Fsp3) is 0.500. The van der Waals surface area contributed by atoms with E-state index < -0.39 is 0 Å². The number of benzene rings is 2. The Morgan fingerprint density at radius 2 is 1.12 bits per heavy atom. The van der Waals surface area contributed by atoms with E-state index in [-0.39, 0.29) is 47.9 Å². The molecule has 0 aromatic heterocycles. The van der Waals surface area contributed by atoms with E-state index in [2.05, 4.69) is 12.1 Å². The number of halogens is 2. The Hall–Kier alpha value is -3.14. The van der Waals surface area contributed by atoms with E-state index in [0.717, 1.165) is 47.9 Å². The maximum Gasteiger partial charge on any atom is 0.223 e. The highest BCUT2D eigenvalue weighted by Crippen LogP contribution is 2.41. The Labute approximate surface area is 256 Å². The first kappa shape index (κ1) is 30.3. The number of aliphatic hydroxyl groups is 2. The molecule has 4 aliphatic rings. The first-order chi connectivity index (χ1) is 20.0. The third kappa shape index (κ3) is 5.50. The Balaban J connectivity index is 0.000000168. The summed E-state index contributed by atoms with van der Waals surface area (Å²) in [6.45, 7) is 4.71. The van der Waals surface area contributed by atoms with Gasteiger partial charge in [-0.25, -0.2) is 0 Å². The highest BCUT2D eigenvalue weighted by molar-refractivity contribution is 6.32. The number of carbonyl (C=O) groups excluding carboxylic acids is 2.